The topological polar surface area (TPSA) is 105 Å². The van der Waals surface area contributed by atoms with Crippen LogP contribution in [0, 0.1) is 0 Å². The lowest BCUT2D eigenvalue weighted by atomic mass is 10.1. The summed E-state index contributed by atoms with van der Waals surface area (Å²) in [6, 6.07) is 20.9. The molecule has 226 valence electrons. The third kappa shape index (κ3) is 8.48. The van der Waals surface area contributed by atoms with E-state index in [1.54, 1.807) is 61.7 Å². The average molecular weight is 596 g/mol. The quantitative estimate of drug-likeness (QED) is 0.298. The van der Waals surface area contributed by atoms with Gasteiger partial charge in [-0.2, -0.15) is 0 Å². The summed E-state index contributed by atoms with van der Waals surface area (Å²) in [5.41, 5.74) is 0.543. The van der Waals surface area contributed by atoms with E-state index in [4.69, 9.17) is 9.47 Å². The molecule has 0 heterocycles. The highest BCUT2D eigenvalue weighted by Crippen LogP contribution is 2.27. The van der Waals surface area contributed by atoms with E-state index in [1.165, 1.54) is 17.0 Å². The number of amides is 2. The zero-order valence-corrected chi connectivity index (χ0v) is 26.0. The van der Waals surface area contributed by atoms with E-state index in [1.807, 2.05) is 46.8 Å². The van der Waals surface area contributed by atoms with Crippen LogP contribution in [0.3, 0.4) is 0 Å². The number of hydrogen-bond donors (Lipinski definition) is 1. The molecule has 0 radical (unpaired) electrons. The van der Waals surface area contributed by atoms with E-state index in [2.05, 4.69) is 5.32 Å². The Morgan fingerprint density at radius 2 is 1.48 bits per heavy atom. The molecule has 10 heteroatoms. The Kier molecular flexibility index (Phi) is 11.0. The molecule has 3 rings (SSSR count). The van der Waals surface area contributed by atoms with Crippen molar-refractivity contribution < 1.29 is 27.5 Å². The van der Waals surface area contributed by atoms with Crippen LogP contribution in [0.15, 0.2) is 83.8 Å². The van der Waals surface area contributed by atoms with Crippen molar-refractivity contribution in [1.29, 1.82) is 0 Å². The normalized spacial score (nSPS) is 12.2. The van der Waals surface area contributed by atoms with Crippen LogP contribution in [-0.4, -0.2) is 57.0 Å². The van der Waals surface area contributed by atoms with E-state index in [0.29, 0.717) is 30.2 Å². The van der Waals surface area contributed by atoms with E-state index in [0.717, 1.165) is 9.87 Å². The smallest absolute Gasteiger partial charge is 0.264 e. The molecule has 1 unspecified atom stereocenters. The molecule has 0 aliphatic heterocycles. The Labute approximate surface area is 249 Å². The lowest BCUT2D eigenvalue weighted by molar-refractivity contribution is -0.141. The standard InChI is InChI=1S/C32H41N3O6S/c1-7-29(31(37)33-32(3,4)5)34(22-24-14-18-26(40-6)19-15-24)30(36)23-35(25-16-20-27(21-17-25)41-8-2)42(38,39)28-12-10-9-11-13-28/h9-21,29H,7-8,22-23H2,1-6H3,(H,33,37). The second-order valence-electron chi connectivity index (χ2n) is 10.8. The maximum atomic E-state index is 14.2. The number of anilines is 1. The third-order valence-corrected chi connectivity index (χ3v) is 8.23. The van der Waals surface area contributed by atoms with Gasteiger partial charge in [0.15, 0.2) is 0 Å². The number of benzene rings is 3. The Balaban J connectivity index is 2.05. The molecule has 2 amide bonds. The van der Waals surface area contributed by atoms with E-state index < -0.39 is 34.1 Å². The van der Waals surface area contributed by atoms with E-state index in [9.17, 15) is 18.0 Å². The van der Waals surface area contributed by atoms with Crippen LogP contribution in [0.5, 0.6) is 11.5 Å². The highest BCUT2D eigenvalue weighted by Gasteiger charge is 2.34. The summed E-state index contributed by atoms with van der Waals surface area (Å²) in [5, 5.41) is 2.97. The van der Waals surface area contributed by atoms with Crippen molar-refractivity contribution in [1.82, 2.24) is 10.2 Å². The first-order chi connectivity index (χ1) is 19.9. The number of rotatable bonds is 13. The van der Waals surface area contributed by atoms with Crippen LogP contribution in [0.25, 0.3) is 0 Å². The fourth-order valence-electron chi connectivity index (χ4n) is 4.42. The number of methoxy groups -OCH3 is 1. The fourth-order valence-corrected chi connectivity index (χ4v) is 5.86. The van der Waals surface area contributed by atoms with Crippen LogP contribution in [0.2, 0.25) is 0 Å². The van der Waals surface area contributed by atoms with Crippen molar-refractivity contribution in [3.05, 3.63) is 84.4 Å². The molecule has 0 spiro atoms. The largest absolute Gasteiger partial charge is 0.497 e. The summed E-state index contributed by atoms with van der Waals surface area (Å²) in [6.45, 7) is 9.33. The lowest BCUT2D eigenvalue weighted by Crippen LogP contribution is -2.55. The van der Waals surface area contributed by atoms with Gasteiger partial charge in [-0.15, -0.1) is 0 Å². The molecular weight excluding hydrogens is 554 g/mol. The third-order valence-electron chi connectivity index (χ3n) is 6.44. The molecule has 0 saturated heterocycles. The van der Waals surface area contributed by atoms with Crippen molar-refractivity contribution in [2.45, 2.75) is 64.1 Å². The number of nitrogens with zero attached hydrogens (tertiary/aromatic N) is 2. The van der Waals surface area contributed by atoms with Crippen LogP contribution in [0.4, 0.5) is 5.69 Å². The molecule has 1 N–H and O–H groups in total. The molecule has 0 bridgehead atoms. The predicted octanol–water partition coefficient (Wildman–Crippen LogP) is 5.01. The van der Waals surface area contributed by atoms with Crippen LogP contribution in [0.1, 0.15) is 46.6 Å². The van der Waals surface area contributed by atoms with Gasteiger partial charge < -0.3 is 19.7 Å². The van der Waals surface area contributed by atoms with Crippen molar-refractivity contribution in [3.8, 4) is 11.5 Å². The van der Waals surface area contributed by atoms with Crippen molar-refractivity contribution in [3.63, 3.8) is 0 Å². The van der Waals surface area contributed by atoms with E-state index in [-0.39, 0.29) is 17.3 Å². The number of nitrogens with one attached hydrogen (secondary N) is 1. The zero-order chi connectivity index (χ0) is 30.9. The second kappa shape index (κ2) is 14.2. The maximum absolute atomic E-state index is 14.2. The van der Waals surface area contributed by atoms with E-state index >= 15 is 0 Å². The van der Waals surface area contributed by atoms with Crippen LogP contribution < -0.4 is 19.1 Å². The summed E-state index contributed by atoms with van der Waals surface area (Å²) >= 11 is 0. The van der Waals surface area contributed by atoms with Gasteiger partial charge in [-0.3, -0.25) is 13.9 Å². The molecule has 42 heavy (non-hydrogen) atoms. The Bertz CT molecular complexity index is 1420. The number of hydrogen-bond acceptors (Lipinski definition) is 6. The van der Waals surface area contributed by atoms with Crippen LogP contribution >= 0.6 is 0 Å². The molecule has 1 atom stereocenters. The fraction of sp³-hybridized carbons (Fsp3) is 0.375. The summed E-state index contributed by atoms with van der Waals surface area (Å²) < 4.78 is 39.7. The first-order valence-corrected chi connectivity index (χ1v) is 15.4. The average Bonchev–Trinajstić information content (AvgIpc) is 2.96. The minimum absolute atomic E-state index is 0.0471. The van der Waals surface area contributed by atoms with Gasteiger partial charge in [-0.25, -0.2) is 8.42 Å². The van der Waals surface area contributed by atoms with Crippen molar-refractivity contribution >= 4 is 27.5 Å². The van der Waals surface area contributed by atoms with Gasteiger partial charge >= 0.3 is 0 Å². The second-order valence-corrected chi connectivity index (χ2v) is 12.6. The first-order valence-electron chi connectivity index (χ1n) is 13.9. The van der Waals surface area contributed by atoms with Gasteiger partial charge in [0.05, 0.1) is 24.3 Å². The van der Waals surface area contributed by atoms with Gasteiger partial charge in [0.2, 0.25) is 11.8 Å². The predicted molar refractivity (Wildman–Crippen MR) is 164 cm³/mol. The highest BCUT2D eigenvalue weighted by atomic mass is 32.2. The number of carbonyl (C=O) groups is 2. The van der Waals surface area contributed by atoms with Gasteiger partial charge in [-0.05, 0) is 88.2 Å². The van der Waals surface area contributed by atoms with Crippen molar-refractivity contribution in [2.75, 3.05) is 24.6 Å². The molecule has 0 fully saturated rings. The minimum atomic E-state index is -4.14. The SMILES string of the molecule is CCOc1ccc(N(CC(=O)N(Cc2ccc(OC)cc2)C(CC)C(=O)NC(C)(C)C)S(=O)(=O)c2ccccc2)cc1. The summed E-state index contributed by atoms with van der Waals surface area (Å²) in [6.07, 6.45) is 0.332. The molecular formula is C32H41N3O6S. The Morgan fingerprint density at radius 1 is 0.881 bits per heavy atom. The zero-order valence-electron chi connectivity index (χ0n) is 25.2. The van der Waals surface area contributed by atoms with Crippen LogP contribution in [-0.2, 0) is 26.2 Å². The van der Waals surface area contributed by atoms with Gasteiger partial charge in [0, 0.05) is 12.1 Å². The molecule has 0 aliphatic rings. The van der Waals surface area contributed by atoms with Crippen molar-refractivity contribution in [2.24, 2.45) is 0 Å². The summed E-state index contributed by atoms with van der Waals surface area (Å²) in [4.78, 5) is 29.1. The monoisotopic (exact) mass is 595 g/mol. The molecule has 0 saturated carbocycles. The number of sulfonamides is 1. The summed E-state index contributed by atoms with van der Waals surface area (Å²) in [7, 11) is -2.58. The van der Waals surface area contributed by atoms with Gasteiger partial charge in [0.1, 0.15) is 24.1 Å². The number of ether oxygens (including phenoxy) is 2. The first kappa shape index (κ1) is 32.5. The molecule has 3 aromatic carbocycles. The molecule has 0 aliphatic carbocycles. The Hall–Kier alpha value is -4.05. The molecule has 3 aromatic rings. The maximum Gasteiger partial charge on any atom is 0.264 e. The Morgan fingerprint density at radius 3 is 2.00 bits per heavy atom. The molecule has 0 aromatic heterocycles. The summed E-state index contributed by atoms with van der Waals surface area (Å²) in [5.74, 6) is 0.404. The lowest BCUT2D eigenvalue weighted by Gasteiger charge is -2.34. The highest BCUT2D eigenvalue weighted by molar-refractivity contribution is 7.92. The molecule has 9 nitrogen and oxygen atoms in total. The minimum Gasteiger partial charge on any atom is -0.497 e. The van der Waals surface area contributed by atoms with Gasteiger partial charge in [-0.1, -0.05) is 37.3 Å². The van der Waals surface area contributed by atoms with Gasteiger partial charge in [0.25, 0.3) is 10.0 Å². The number of carbonyl (C=O) groups excluding carboxylic acids is 2.